The van der Waals surface area contributed by atoms with E-state index >= 15 is 0 Å². The third-order valence-electron chi connectivity index (χ3n) is 7.20. The zero-order chi connectivity index (χ0) is 13.0. The number of allylic oxidation sites excluding steroid dienone is 2. The van der Waals surface area contributed by atoms with Crippen LogP contribution in [0, 0.1) is 34.5 Å². The minimum Gasteiger partial charge on any atom is -0.0803 e. The minimum atomic E-state index is 0.546. The molecule has 2 spiro atoms. The third kappa shape index (κ3) is 1.28. The van der Waals surface area contributed by atoms with Crippen molar-refractivity contribution in [1.82, 2.24) is 0 Å². The second kappa shape index (κ2) is 4.12. The molecular weight excluding hydrogens is 216 g/mol. The van der Waals surface area contributed by atoms with Crippen LogP contribution in [0.4, 0.5) is 0 Å². The molecule has 0 radical (unpaired) electrons. The average molecular weight is 246 g/mol. The van der Waals surface area contributed by atoms with E-state index in [9.17, 15) is 0 Å². The van der Waals surface area contributed by atoms with Crippen LogP contribution in [-0.4, -0.2) is 0 Å². The van der Waals surface area contributed by atoms with Crippen LogP contribution >= 0.6 is 0 Å². The number of rotatable bonds is 0. The summed E-state index contributed by atoms with van der Waals surface area (Å²) in [6, 6.07) is 0. The summed E-state index contributed by atoms with van der Waals surface area (Å²) >= 11 is 0. The van der Waals surface area contributed by atoms with Gasteiger partial charge in [0.1, 0.15) is 0 Å². The molecule has 0 heterocycles. The first kappa shape index (κ1) is 12.8. The SMILES string of the molecule is CC1CCCC(C)C12C=CC21C(C)CCCC1C. The number of fused-ring (bicyclic) bond motifs is 1. The lowest BCUT2D eigenvalue weighted by molar-refractivity contribution is -0.124. The Morgan fingerprint density at radius 2 is 0.889 bits per heavy atom. The van der Waals surface area contributed by atoms with Crippen LogP contribution < -0.4 is 0 Å². The molecule has 0 saturated heterocycles. The molecule has 0 heteroatoms. The van der Waals surface area contributed by atoms with Crippen LogP contribution in [0.5, 0.6) is 0 Å². The molecule has 0 aromatic carbocycles. The molecule has 0 amide bonds. The van der Waals surface area contributed by atoms with Crippen LogP contribution in [0.25, 0.3) is 0 Å². The summed E-state index contributed by atoms with van der Waals surface area (Å²) in [5.41, 5.74) is 1.09. The maximum Gasteiger partial charge on any atom is 0.00292 e. The van der Waals surface area contributed by atoms with Gasteiger partial charge >= 0.3 is 0 Å². The van der Waals surface area contributed by atoms with Crippen LogP contribution in [0.3, 0.4) is 0 Å². The monoisotopic (exact) mass is 246 g/mol. The summed E-state index contributed by atoms with van der Waals surface area (Å²) in [6.07, 6.45) is 14.0. The Labute approximate surface area is 113 Å². The first-order chi connectivity index (χ1) is 8.55. The molecule has 18 heavy (non-hydrogen) atoms. The molecule has 3 rings (SSSR count). The Morgan fingerprint density at radius 1 is 0.611 bits per heavy atom. The van der Waals surface area contributed by atoms with Crippen molar-refractivity contribution in [2.45, 2.75) is 66.2 Å². The van der Waals surface area contributed by atoms with E-state index in [0.717, 1.165) is 23.7 Å². The van der Waals surface area contributed by atoms with Crippen molar-refractivity contribution in [3.63, 3.8) is 0 Å². The van der Waals surface area contributed by atoms with Crippen molar-refractivity contribution in [3.8, 4) is 0 Å². The van der Waals surface area contributed by atoms with Gasteiger partial charge in [-0.3, -0.25) is 0 Å². The molecule has 3 aliphatic rings. The average Bonchev–Trinajstić information content (AvgIpc) is 2.27. The summed E-state index contributed by atoms with van der Waals surface area (Å²) in [5.74, 6) is 3.59. The first-order valence-corrected chi connectivity index (χ1v) is 8.26. The predicted octanol–water partition coefficient (Wildman–Crippen LogP) is 5.44. The fraction of sp³-hybridized carbons (Fsp3) is 0.889. The van der Waals surface area contributed by atoms with Gasteiger partial charge in [-0.05, 0) is 49.4 Å². The third-order valence-corrected chi connectivity index (χ3v) is 7.20. The van der Waals surface area contributed by atoms with Gasteiger partial charge in [-0.1, -0.05) is 52.7 Å². The topological polar surface area (TPSA) is 0 Å². The largest absolute Gasteiger partial charge is 0.0803 e. The molecule has 0 aromatic heterocycles. The Balaban J connectivity index is 2.04. The second-order valence-electron chi connectivity index (χ2n) is 7.67. The van der Waals surface area contributed by atoms with Gasteiger partial charge in [0.05, 0.1) is 0 Å². The number of hydrogen-bond acceptors (Lipinski definition) is 0. The highest BCUT2D eigenvalue weighted by atomic mass is 14.7. The van der Waals surface area contributed by atoms with E-state index in [1.165, 1.54) is 38.5 Å². The molecule has 4 unspecified atom stereocenters. The molecule has 0 bridgehead atoms. The molecule has 2 saturated carbocycles. The van der Waals surface area contributed by atoms with Crippen LogP contribution in [-0.2, 0) is 0 Å². The fourth-order valence-electron chi connectivity index (χ4n) is 6.22. The van der Waals surface area contributed by atoms with Crippen molar-refractivity contribution >= 4 is 0 Å². The molecule has 4 atom stereocenters. The van der Waals surface area contributed by atoms with Gasteiger partial charge in [-0.25, -0.2) is 0 Å². The van der Waals surface area contributed by atoms with Crippen molar-refractivity contribution in [1.29, 1.82) is 0 Å². The van der Waals surface area contributed by atoms with E-state index in [4.69, 9.17) is 0 Å². The predicted molar refractivity (Wildman–Crippen MR) is 78.4 cm³/mol. The Bertz CT molecular complexity index is 297. The molecule has 0 N–H and O–H groups in total. The Kier molecular flexibility index (Phi) is 2.92. The van der Waals surface area contributed by atoms with Gasteiger partial charge in [-0.2, -0.15) is 0 Å². The highest BCUT2D eigenvalue weighted by molar-refractivity contribution is 5.33. The normalized spacial score (nSPS) is 55.8. The number of hydrogen-bond donors (Lipinski definition) is 0. The van der Waals surface area contributed by atoms with Crippen molar-refractivity contribution < 1.29 is 0 Å². The smallest absolute Gasteiger partial charge is 0.00292 e. The van der Waals surface area contributed by atoms with Gasteiger partial charge in [-0.15, -0.1) is 0 Å². The summed E-state index contributed by atoms with van der Waals surface area (Å²) in [5, 5.41) is 0. The standard InChI is InChI=1S/C18H30/c1-13-7-5-8-14(2)17(13)11-12-18(17)15(3)9-6-10-16(18)4/h11-16H,5-10H2,1-4H3. The Morgan fingerprint density at radius 3 is 1.11 bits per heavy atom. The fourth-order valence-corrected chi connectivity index (χ4v) is 6.22. The van der Waals surface area contributed by atoms with E-state index in [-0.39, 0.29) is 0 Å². The quantitative estimate of drug-likeness (QED) is 0.499. The second-order valence-corrected chi connectivity index (χ2v) is 7.67. The summed E-state index contributed by atoms with van der Waals surface area (Å²) in [4.78, 5) is 0. The summed E-state index contributed by atoms with van der Waals surface area (Å²) in [7, 11) is 0. The van der Waals surface area contributed by atoms with Gasteiger partial charge in [0.15, 0.2) is 0 Å². The van der Waals surface area contributed by atoms with Crippen LogP contribution in [0.1, 0.15) is 66.2 Å². The maximum absolute atomic E-state index is 2.64. The lowest BCUT2D eigenvalue weighted by atomic mass is 9.36. The Hall–Kier alpha value is -0.260. The van der Waals surface area contributed by atoms with E-state index in [1.807, 2.05) is 0 Å². The lowest BCUT2D eigenvalue weighted by Crippen LogP contribution is -2.62. The van der Waals surface area contributed by atoms with E-state index in [0.29, 0.717) is 10.8 Å². The van der Waals surface area contributed by atoms with Crippen LogP contribution in [0.15, 0.2) is 12.2 Å². The van der Waals surface area contributed by atoms with Gasteiger partial charge in [0.2, 0.25) is 0 Å². The molecule has 3 aliphatic carbocycles. The van der Waals surface area contributed by atoms with Crippen molar-refractivity contribution in [3.05, 3.63) is 12.2 Å². The zero-order valence-corrected chi connectivity index (χ0v) is 12.7. The van der Waals surface area contributed by atoms with Gasteiger partial charge in [0, 0.05) is 10.8 Å². The van der Waals surface area contributed by atoms with Crippen molar-refractivity contribution in [2.24, 2.45) is 34.5 Å². The molecular formula is C18H30. The molecule has 2 fully saturated rings. The maximum atomic E-state index is 2.64. The zero-order valence-electron chi connectivity index (χ0n) is 12.7. The van der Waals surface area contributed by atoms with E-state index < -0.39 is 0 Å². The molecule has 102 valence electrons. The van der Waals surface area contributed by atoms with E-state index in [2.05, 4.69) is 39.8 Å². The molecule has 0 aromatic rings. The molecule has 0 nitrogen and oxygen atoms in total. The van der Waals surface area contributed by atoms with E-state index in [1.54, 1.807) is 0 Å². The highest BCUT2D eigenvalue weighted by Gasteiger charge is 2.64. The van der Waals surface area contributed by atoms with Crippen molar-refractivity contribution in [2.75, 3.05) is 0 Å². The van der Waals surface area contributed by atoms with Crippen LogP contribution in [0.2, 0.25) is 0 Å². The lowest BCUT2D eigenvalue weighted by Gasteiger charge is -2.68. The summed E-state index contributed by atoms with van der Waals surface area (Å²) in [6.45, 7) is 10.1. The van der Waals surface area contributed by atoms with Gasteiger partial charge in [0.25, 0.3) is 0 Å². The highest BCUT2D eigenvalue weighted by Crippen LogP contribution is 2.71. The summed E-state index contributed by atoms with van der Waals surface area (Å²) < 4.78 is 0. The van der Waals surface area contributed by atoms with Gasteiger partial charge < -0.3 is 0 Å². The minimum absolute atomic E-state index is 0.546. The first-order valence-electron chi connectivity index (χ1n) is 8.26. The molecule has 0 aliphatic heterocycles.